The highest BCUT2D eigenvalue weighted by atomic mass is 32.1. The Morgan fingerprint density at radius 3 is 2.83 bits per heavy atom. The molecule has 2 heterocycles. The SMILES string of the molecule is CCOc1ccccc1-c1nc(CC(=O)NC(C)c2cc3ccccc3o2)cs1. The molecule has 0 radical (unpaired) electrons. The Morgan fingerprint density at radius 1 is 1.21 bits per heavy atom. The van der Waals surface area contributed by atoms with Crippen LogP contribution in [0.5, 0.6) is 5.75 Å². The number of para-hydroxylation sites is 2. The molecule has 1 unspecified atom stereocenters. The smallest absolute Gasteiger partial charge is 0.226 e. The zero-order chi connectivity index (χ0) is 20.2. The summed E-state index contributed by atoms with van der Waals surface area (Å²) in [6.07, 6.45) is 0.220. The number of carbonyl (C=O) groups excluding carboxylic acids is 1. The molecule has 2 aromatic heterocycles. The van der Waals surface area contributed by atoms with Gasteiger partial charge in [0.1, 0.15) is 22.1 Å². The molecule has 0 aliphatic heterocycles. The van der Waals surface area contributed by atoms with E-state index in [9.17, 15) is 4.79 Å². The third-order valence-electron chi connectivity index (χ3n) is 4.56. The van der Waals surface area contributed by atoms with E-state index in [0.717, 1.165) is 38.7 Å². The number of nitrogens with one attached hydrogen (secondary N) is 1. The van der Waals surface area contributed by atoms with Crippen molar-refractivity contribution in [1.29, 1.82) is 0 Å². The third kappa shape index (κ3) is 4.32. The van der Waals surface area contributed by atoms with E-state index in [1.807, 2.05) is 73.8 Å². The predicted molar refractivity (Wildman–Crippen MR) is 115 cm³/mol. The Kier molecular flexibility index (Phi) is 5.62. The molecule has 1 amide bonds. The summed E-state index contributed by atoms with van der Waals surface area (Å²) in [6, 6.07) is 17.4. The molecule has 1 N–H and O–H groups in total. The van der Waals surface area contributed by atoms with Crippen LogP contribution < -0.4 is 10.1 Å². The molecule has 0 aliphatic rings. The van der Waals surface area contributed by atoms with Crippen molar-refractivity contribution in [3.63, 3.8) is 0 Å². The second kappa shape index (κ2) is 8.49. The molecule has 0 fully saturated rings. The van der Waals surface area contributed by atoms with E-state index in [0.29, 0.717) is 6.61 Å². The number of ether oxygens (including phenoxy) is 1. The van der Waals surface area contributed by atoms with Crippen LogP contribution in [0.15, 0.2) is 64.4 Å². The van der Waals surface area contributed by atoms with E-state index in [-0.39, 0.29) is 18.4 Å². The van der Waals surface area contributed by atoms with E-state index in [2.05, 4.69) is 10.3 Å². The van der Waals surface area contributed by atoms with Gasteiger partial charge in [0.15, 0.2) is 0 Å². The minimum atomic E-state index is -0.216. The quantitative estimate of drug-likeness (QED) is 0.448. The first-order valence-electron chi connectivity index (χ1n) is 9.58. The standard InChI is InChI=1S/C23H22N2O3S/c1-3-27-20-11-7-5-9-18(20)23-25-17(14-29-23)13-22(26)24-15(2)21-12-16-8-4-6-10-19(16)28-21/h4-12,14-15H,3,13H2,1-2H3,(H,24,26). The van der Waals surface area contributed by atoms with E-state index in [1.165, 1.54) is 11.3 Å². The summed E-state index contributed by atoms with van der Waals surface area (Å²) in [7, 11) is 0. The largest absolute Gasteiger partial charge is 0.493 e. The lowest BCUT2D eigenvalue weighted by Crippen LogP contribution is -2.27. The van der Waals surface area contributed by atoms with Gasteiger partial charge in [0.05, 0.1) is 30.3 Å². The Balaban J connectivity index is 1.43. The van der Waals surface area contributed by atoms with Gasteiger partial charge >= 0.3 is 0 Å². The van der Waals surface area contributed by atoms with Gasteiger partial charge in [-0.3, -0.25) is 4.79 Å². The predicted octanol–water partition coefficient (Wildman–Crippen LogP) is 5.37. The number of nitrogens with zero attached hydrogens (tertiary/aromatic N) is 1. The van der Waals surface area contributed by atoms with Crippen molar-refractivity contribution in [2.24, 2.45) is 0 Å². The van der Waals surface area contributed by atoms with E-state index in [1.54, 1.807) is 0 Å². The van der Waals surface area contributed by atoms with Gasteiger partial charge in [0.25, 0.3) is 0 Å². The molecule has 2 aromatic carbocycles. The fraction of sp³-hybridized carbons (Fsp3) is 0.217. The number of hydrogen-bond donors (Lipinski definition) is 1. The summed E-state index contributed by atoms with van der Waals surface area (Å²) in [4.78, 5) is 17.1. The van der Waals surface area contributed by atoms with Crippen molar-refractivity contribution in [3.8, 4) is 16.3 Å². The summed E-state index contributed by atoms with van der Waals surface area (Å²) in [5, 5.41) is 6.79. The van der Waals surface area contributed by atoms with Gasteiger partial charge in [-0.1, -0.05) is 30.3 Å². The average Bonchev–Trinajstić information content (AvgIpc) is 3.35. The molecular weight excluding hydrogens is 384 g/mol. The van der Waals surface area contributed by atoms with Gasteiger partial charge in [0, 0.05) is 10.8 Å². The van der Waals surface area contributed by atoms with E-state index < -0.39 is 0 Å². The average molecular weight is 407 g/mol. The van der Waals surface area contributed by atoms with E-state index in [4.69, 9.17) is 9.15 Å². The number of hydrogen-bond acceptors (Lipinski definition) is 5. The van der Waals surface area contributed by atoms with Crippen LogP contribution in [0.25, 0.3) is 21.5 Å². The normalized spacial score (nSPS) is 12.1. The highest BCUT2D eigenvalue weighted by Gasteiger charge is 2.16. The van der Waals surface area contributed by atoms with Crippen molar-refractivity contribution in [1.82, 2.24) is 10.3 Å². The molecule has 4 aromatic rings. The van der Waals surface area contributed by atoms with Crippen LogP contribution in [-0.4, -0.2) is 17.5 Å². The second-order valence-electron chi connectivity index (χ2n) is 6.73. The Morgan fingerprint density at radius 2 is 2.00 bits per heavy atom. The molecule has 0 bridgehead atoms. The second-order valence-corrected chi connectivity index (χ2v) is 7.58. The number of benzene rings is 2. The maximum atomic E-state index is 12.5. The highest BCUT2D eigenvalue weighted by molar-refractivity contribution is 7.13. The highest BCUT2D eigenvalue weighted by Crippen LogP contribution is 2.32. The summed E-state index contributed by atoms with van der Waals surface area (Å²) in [6.45, 7) is 4.47. The van der Waals surface area contributed by atoms with Gasteiger partial charge in [-0.05, 0) is 38.1 Å². The number of amides is 1. The van der Waals surface area contributed by atoms with Crippen molar-refractivity contribution in [3.05, 3.63) is 71.4 Å². The van der Waals surface area contributed by atoms with Crippen LogP contribution in [0.1, 0.15) is 31.3 Å². The Labute approximate surface area is 173 Å². The van der Waals surface area contributed by atoms with Gasteiger partial charge in [-0.25, -0.2) is 4.98 Å². The molecule has 1 atom stereocenters. The Hall–Kier alpha value is -3.12. The summed E-state index contributed by atoms with van der Waals surface area (Å²) >= 11 is 1.51. The fourth-order valence-electron chi connectivity index (χ4n) is 3.18. The third-order valence-corrected chi connectivity index (χ3v) is 5.48. The molecule has 0 spiro atoms. The summed E-state index contributed by atoms with van der Waals surface area (Å²) in [5.41, 5.74) is 2.51. The monoisotopic (exact) mass is 406 g/mol. The topological polar surface area (TPSA) is 64.4 Å². The number of furan rings is 1. The lowest BCUT2D eigenvalue weighted by atomic mass is 10.2. The molecule has 4 rings (SSSR count). The van der Waals surface area contributed by atoms with Crippen LogP contribution >= 0.6 is 11.3 Å². The molecule has 0 saturated heterocycles. The van der Waals surface area contributed by atoms with Crippen molar-refractivity contribution >= 4 is 28.2 Å². The van der Waals surface area contributed by atoms with Gasteiger partial charge in [-0.2, -0.15) is 0 Å². The first kappa shape index (κ1) is 19.2. The summed E-state index contributed by atoms with van der Waals surface area (Å²) in [5.74, 6) is 1.45. The van der Waals surface area contributed by atoms with Crippen LogP contribution in [0.4, 0.5) is 0 Å². The lowest BCUT2D eigenvalue weighted by molar-refractivity contribution is -0.121. The zero-order valence-corrected chi connectivity index (χ0v) is 17.2. The van der Waals surface area contributed by atoms with Crippen molar-refractivity contribution in [2.45, 2.75) is 26.3 Å². The zero-order valence-electron chi connectivity index (χ0n) is 16.3. The molecule has 148 valence electrons. The first-order chi connectivity index (χ1) is 14.1. The number of thiazole rings is 1. The number of fused-ring (bicyclic) bond motifs is 1. The Bertz CT molecular complexity index is 1100. The van der Waals surface area contributed by atoms with Crippen LogP contribution in [0.3, 0.4) is 0 Å². The maximum Gasteiger partial charge on any atom is 0.226 e. The molecular formula is C23H22N2O3S. The molecule has 29 heavy (non-hydrogen) atoms. The first-order valence-corrected chi connectivity index (χ1v) is 10.5. The van der Waals surface area contributed by atoms with Crippen molar-refractivity contribution in [2.75, 3.05) is 6.61 Å². The number of carbonyl (C=O) groups is 1. The molecule has 0 saturated carbocycles. The minimum Gasteiger partial charge on any atom is -0.493 e. The number of rotatable bonds is 7. The summed E-state index contributed by atoms with van der Waals surface area (Å²) < 4.78 is 11.5. The van der Waals surface area contributed by atoms with Gasteiger partial charge in [-0.15, -0.1) is 11.3 Å². The molecule has 0 aliphatic carbocycles. The lowest BCUT2D eigenvalue weighted by Gasteiger charge is -2.10. The van der Waals surface area contributed by atoms with Gasteiger partial charge < -0.3 is 14.5 Å². The van der Waals surface area contributed by atoms with Crippen LogP contribution in [-0.2, 0) is 11.2 Å². The fourth-order valence-corrected chi connectivity index (χ4v) is 4.03. The van der Waals surface area contributed by atoms with Gasteiger partial charge in [0.2, 0.25) is 5.91 Å². The van der Waals surface area contributed by atoms with E-state index >= 15 is 0 Å². The molecule has 6 heteroatoms. The maximum absolute atomic E-state index is 12.5. The minimum absolute atomic E-state index is 0.0899. The van der Waals surface area contributed by atoms with Crippen molar-refractivity contribution < 1.29 is 13.9 Å². The number of aromatic nitrogens is 1. The van der Waals surface area contributed by atoms with Crippen LogP contribution in [0, 0.1) is 0 Å². The molecule has 5 nitrogen and oxygen atoms in total. The van der Waals surface area contributed by atoms with Crippen LogP contribution in [0.2, 0.25) is 0 Å².